The van der Waals surface area contributed by atoms with Gasteiger partial charge >= 0.3 is 5.63 Å². The van der Waals surface area contributed by atoms with Crippen molar-refractivity contribution in [3.8, 4) is 5.75 Å². The molecule has 1 amide bonds. The van der Waals surface area contributed by atoms with Crippen LogP contribution in [0.3, 0.4) is 0 Å². The summed E-state index contributed by atoms with van der Waals surface area (Å²) in [5.74, 6) is 0.0536. The van der Waals surface area contributed by atoms with Crippen molar-refractivity contribution in [2.75, 3.05) is 6.61 Å². The van der Waals surface area contributed by atoms with Gasteiger partial charge in [0.2, 0.25) is 0 Å². The van der Waals surface area contributed by atoms with E-state index in [1.165, 1.54) is 6.07 Å². The van der Waals surface area contributed by atoms with Crippen LogP contribution in [0.2, 0.25) is 0 Å². The monoisotopic (exact) mass is 364 g/mol. The first kappa shape index (κ1) is 18.4. The summed E-state index contributed by atoms with van der Waals surface area (Å²) in [6.45, 7) is 5.46. The van der Waals surface area contributed by atoms with Crippen molar-refractivity contribution in [3.05, 3.63) is 75.6 Å². The van der Waals surface area contributed by atoms with Crippen molar-refractivity contribution in [3.63, 3.8) is 0 Å². The van der Waals surface area contributed by atoms with Gasteiger partial charge in [-0.25, -0.2) is 10.2 Å². The molecule has 0 bridgehead atoms. The predicted octanol–water partition coefficient (Wildman–Crippen LogP) is 3.33. The van der Waals surface area contributed by atoms with Crippen LogP contribution in [-0.4, -0.2) is 18.2 Å². The highest BCUT2D eigenvalue weighted by Crippen LogP contribution is 2.22. The molecule has 0 saturated heterocycles. The number of benzene rings is 2. The molecular weight excluding hydrogens is 344 g/mol. The van der Waals surface area contributed by atoms with E-state index in [1.54, 1.807) is 18.2 Å². The summed E-state index contributed by atoms with van der Waals surface area (Å²) >= 11 is 0. The lowest BCUT2D eigenvalue weighted by Gasteiger charge is -2.07. The quantitative estimate of drug-likeness (QED) is 0.428. The minimum atomic E-state index is -0.421. The smallest absolute Gasteiger partial charge is 0.336 e. The molecule has 0 atom stereocenters. The Balaban J connectivity index is 1.62. The molecule has 0 unspecified atom stereocenters. The Morgan fingerprint density at radius 2 is 1.85 bits per heavy atom. The summed E-state index contributed by atoms with van der Waals surface area (Å²) in [5, 5.41) is 4.91. The number of nitrogens with one attached hydrogen (secondary N) is 1. The number of nitrogens with zero attached hydrogens (tertiary/aromatic N) is 1. The van der Waals surface area contributed by atoms with Gasteiger partial charge in [0, 0.05) is 17.5 Å². The Labute approximate surface area is 156 Å². The van der Waals surface area contributed by atoms with E-state index in [1.807, 2.05) is 45.0 Å². The average molecular weight is 364 g/mol. The number of hydrogen-bond donors (Lipinski definition) is 1. The molecule has 0 aliphatic carbocycles. The first-order valence-electron chi connectivity index (χ1n) is 8.50. The highest BCUT2D eigenvalue weighted by molar-refractivity contribution is 5.99. The molecule has 3 aromatic rings. The summed E-state index contributed by atoms with van der Waals surface area (Å²) in [6, 6.07) is 14.4. The van der Waals surface area contributed by atoms with Gasteiger partial charge in [0.25, 0.3) is 5.91 Å². The zero-order valence-corrected chi connectivity index (χ0v) is 15.4. The summed E-state index contributed by atoms with van der Waals surface area (Å²) < 4.78 is 10.6. The molecular formula is C21H20N2O4. The lowest BCUT2D eigenvalue weighted by atomic mass is 10.1. The minimum absolute atomic E-state index is 0.202. The van der Waals surface area contributed by atoms with Gasteiger partial charge in [0.05, 0.1) is 5.71 Å². The topological polar surface area (TPSA) is 80.9 Å². The molecule has 0 aliphatic rings. The number of rotatable bonds is 5. The second-order valence-corrected chi connectivity index (χ2v) is 6.29. The molecule has 0 saturated carbocycles. The van der Waals surface area contributed by atoms with E-state index < -0.39 is 5.63 Å². The lowest BCUT2D eigenvalue weighted by Crippen LogP contribution is -2.25. The third-order valence-electron chi connectivity index (χ3n) is 4.11. The molecule has 0 fully saturated rings. The van der Waals surface area contributed by atoms with Gasteiger partial charge in [-0.3, -0.25) is 4.79 Å². The van der Waals surface area contributed by atoms with E-state index in [2.05, 4.69) is 10.5 Å². The second kappa shape index (κ2) is 7.86. The van der Waals surface area contributed by atoms with E-state index in [0.717, 1.165) is 22.1 Å². The van der Waals surface area contributed by atoms with Crippen molar-refractivity contribution in [1.82, 2.24) is 5.43 Å². The lowest BCUT2D eigenvalue weighted by molar-refractivity contribution is -0.123. The van der Waals surface area contributed by atoms with Gasteiger partial charge in [0.1, 0.15) is 11.3 Å². The standard InChI is InChI=1S/C21H20N2O4/c1-13-4-6-16(7-5-13)15(3)22-23-20(24)12-26-17-8-9-18-14(2)10-21(25)27-19(18)11-17/h4-11H,12H2,1-3H3,(H,23,24)/b22-15-. The SMILES string of the molecule is C/C(=N/NC(=O)COc1ccc2c(C)cc(=O)oc2c1)c1ccc(C)cc1. The molecule has 1 aromatic heterocycles. The van der Waals surface area contributed by atoms with Crippen LogP contribution in [0.5, 0.6) is 5.75 Å². The molecule has 27 heavy (non-hydrogen) atoms. The third-order valence-corrected chi connectivity index (χ3v) is 4.11. The number of hydrazone groups is 1. The fourth-order valence-corrected chi connectivity index (χ4v) is 2.58. The zero-order valence-electron chi connectivity index (χ0n) is 15.4. The number of aryl methyl sites for hydroxylation is 2. The summed E-state index contributed by atoms with van der Waals surface area (Å²) in [4.78, 5) is 23.4. The van der Waals surface area contributed by atoms with Crippen LogP contribution < -0.4 is 15.8 Å². The maximum atomic E-state index is 12.0. The van der Waals surface area contributed by atoms with E-state index >= 15 is 0 Å². The number of amides is 1. The highest BCUT2D eigenvalue weighted by Gasteiger charge is 2.07. The molecule has 3 rings (SSSR count). The molecule has 2 aromatic carbocycles. The van der Waals surface area contributed by atoms with Gasteiger partial charge in [-0.15, -0.1) is 0 Å². The van der Waals surface area contributed by atoms with Crippen molar-refractivity contribution < 1.29 is 13.9 Å². The maximum Gasteiger partial charge on any atom is 0.336 e. The molecule has 138 valence electrons. The number of ether oxygens (including phenoxy) is 1. The fourth-order valence-electron chi connectivity index (χ4n) is 2.58. The van der Waals surface area contributed by atoms with Gasteiger partial charge < -0.3 is 9.15 Å². The van der Waals surface area contributed by atoms with Gasteiger partial charge in [0.15, 0.2) is 6.61 Å². The van der Waals surface area contributed by atoms with E-state index in [4.69, 9.17) is 9.15 Å². The van der Waals surface area contributed by atoms with Crippen LogP contribution in [0.4, 0.5) is 0 Å². The number of carbonyl (C=O) groups excluding carboxylic acids is 1. The Morgan fingerprint density at radius 3 is 2.59 bits per heavy atom. The average Bonchev–Trinajstić information content (AvgIpc) is 2.64. The Hall–Kier alpha value is -3.41. The fraction of sp³-hybridized carbons (Fsp3) is 0.190. The normalized spacial score (nSPS) is 11.4. The van der Waals surface area contributed by atoms with E-state index in [9.17, 15) is 9.59 Å². The first-order valence-corrected chi connectivity index (χ1v) is 8.50. The molecule has 0 spiro atoms. The van der Waals surface area contributed by atoms with Crippen LogP contribution in [0, 0.1) is 13.8 Å². The summed E-state index contributed by atoms with van der Waals surface area (Å²) in [5.41, 5.74) is 6.09. The van der Waals surface area contributed by atoms with Gasteiger partial charge in [-0.1, -0.05) is 29.8 Å². The Morgan fingerprint density at radius 1 is 1.11 bits per heavy atom. The molecule has 0 aliphatic heterocycles. The van der Waals surface area contributed by atoms with Crippen molar-refractivity contribution in [2.45, 2.75) is 20.8 Å². The number of fused-ring (bicyclic) bond motifs is 1. The van der Waals surface area contributed by atoms with Crippen LogP contribution in [0.15, 0.2) is 62.8 Å². The minimum Gasteiger partial charge on any atom is -0.484 e. The van der Waals surface area contributed by atoms with Crippen molar-refractivity contribution in [2.24, 2.45) is 5.10 Å². The zero-order chi connectivity index (χ0) is 19.4. The van der Waals surface area contributed by atoms with Crippen LogP contribution in [0.25, 0.3) is 11.0 Å². The van der Waals surface area contributed by atoms with Crippen molar-refractivity contribution >= 4 is 22.6 Å². The molecule has 6 nitrogen and oxygen atoms in total. The Bertz CT molecular complexity index is 1070. The second-order valence-electron chi connectivity index (χ2n) is 6.29. The molecule has 0 radical (unpaired) electrons. The van der Waals surface area contributed by atoms with Crippen LogP contribution in [-0.2, 0) is 4.79 Å². The number of hydrogen-bond acceptors (Lipinski definition) is 5. The summed E-state index contributed by atoms with van der Waals surface area (Å²) in [7, 11) is 0. The van der Waals surface area contributed by atoms with Gasteiger partial charge in [-0.05, 0) is 44.0 Å². The maximum absolute atomic E-state index is 12.0. The van der Waals surface area contributed by atoms with E-state index in [0.29, 0.717) is 17.0 Å². The largest absolute Gasteiger partial charge is 0.484 e. The molecule has 6 heteroatoms. The summed E-state index contributed by atoms with van der Waals surface area (Å²) in [6.07, 6.45) is 0. The van der Waals surface area contributed by atoms with E-state index in [-0.39, 0.29) is 12.5 Å². The first-order chi connectivity index (χ1) is 12.9. The number of carbonyl (C=O) groups is 1. The third kappa shape index (κ3) is 4.61. The van der Waals surface area contributed by atoms with Crippen LogP contribution >= 0.6 is 0 Å². The molecule has 1 N–H and O–H groups in total. The molecule has 1 heterocycles. The Kier molecular flexibility index (Phi) is 5.35. The van der Waals surface area contributed by atoms with Crippen molar-refractivity contribution in [1.29, 1.82) is 0 Å². The predicted molar refractivity (Wildman–Crippen MR) is 104 cm³/mol. The highest BCUT2D eigenvalue weighted by atomic mass is 16.5. The van der Waals surface area contributed by atoms with Crippen LogP contribution in [0.1, 0.15) is 23.6 Å². The van der Waals surface area contributed by atoms with Gasteiger partial charge in [-0.2, -0.15) is 5.10 Å².